The number of halogens is 1. The molecule has 5 aromatic rings. The molecule has 2 atom stereocenters. The van der Waals surface area contributed by atoms with Crippen molar-refractivity contribution in [1.82, 2.24) is 19.6 Å². The standard InChI is InChI=1S/C44H43ClN6O8S/c45-33-4-1-29(2-5-33)37-22-44(26-57-27-44)13-9-32(37)24-50-15-11-28(12-16-50)30-3-7-36(40(20-30)59-34-19-31-10-14-46-42(31)47-23-34)43(52)49-60(55)35-6-8-38(39(21-35)51(53)54)48-41-25-56-17-18-58-41/h1-8,10-11,14,19-21,23,41,48H,9,12-13,15-18,22,24-27H2,(H,46,47)(H,49,52). The number of hydrogen-bond acceptors (Lipinski definition) is 11. The van der Waals surface area contributed by atoms with Crippen molar-refractivity contribution in [2.75, 3.05) is 58.0 Å². The fraction of sp³-hybridized carbons (Fsp3) is 0.318. The monoisotopic (exact) mass is 850 g/mol. The fourth-order valence-electron chi connectivity index (χ4n) is 8.25. The van der Waals surface area contributed by atoms with Crippen LogP contribution in [0.15, 0.2) is 102 Å². The van der Waals surface area contributed by atoms with E-state index in [1.807, 2.05) is 36.4 Å². The number of aromatic amines is 1. The number of carbonyl (C=O) groups excluding carboxylic acids is 1. The van der Waals surface area contributed by atoms with Crippen molar-refractivity contribution in [1.29, 1.82) is 0 Å². The van der Waals surface area contributed by atoms with Gasteiger partial charge in [-0.1, -0.05) is 41.4 Å². The molecule has 0 radical (unpaired) electrons. The van der Waals surface area contributed by atoms with Gasteiger partial charge in [0.2, 0.25) is 0 Å². The summed E-state index contributed by atoms with van der Waals surface area (Å²) in [5.74, 6) is -0.0210. The summed E-state index contributed by atoms with van der Waals surface area (Å²) in [6, 6.07) is 21.3. The molecule has 60 heavy (non-hydrogen) atoms. The highest BCUT2D eigenvalue weighted by atomic mass is 35.5. The van der Waals surface area contributed by atoms with Crippen LogP contribution >= 0.6 is 11.6 Å². The van der Waals surface area contributed by atoms with Crippen LogP contribution in [0.5, 0.6) is 11.5 Å². The highest BCUT2D eigenvalue weighted by molar-refractivity contribution is 7.83. The molecular weight excluding hydrogens is 808 g/mol. The first-order chi connectivity index (χ1) is 29.2. The van der Waals surface area contributed by atoms with E-state index in [0.717, 1.165) is 80.1 Å². The van der Waals surface area contributed by atoms with Crippen molar-refractivity contribution in [2.45, 2.75) is 36.8 Å². The summed E-state index contributed by atoms with van der Waals surface area (Å²) in [4.78, 5) is 35.3. The minimum absolute atomic E-state index is 0.0420. The molecule has 0 bridgehead atoms. The van der Waals surface area contributed by atoms with E-state index < -0.39 is 28.0 Å². The van der Waals surface area contributed by atoms with Gasteiger partial charge in [0, 0.05) is 47.7 Å². The van der Waals surface area contributed by atoms with E-state index in [4.69, 9.17) is 30.5 Å². The first-order valence-electron chi connectivity index (χ1n) is 19.9. The topological polar surface area (TPSA) is 170 Å². The number of fused-ring (bicyclic) bond motifs is 1. The molecule has 1 aliphatic carbocycles. The van der Waals surface area contributed by atoms with Crippen LogP contribution in [0.4, 0.5) is 11.4 Å². The molecule has 310 valence electrons. The summed E-state index contributed by atoms with van der Waals surface area (Å²) in [7, 11) is -2.15. The maximum Gasteiger partial charge on any atom is 0.293 e. The van der Waals surface area contributed by atoms with Crippen LogP contribution in [0.3, 0.4) is 0 Å². The Kier molecular flexibility index (Phi) is 11.5. The smallest absolute Gasteiger partial charge is 0.293 e. The lowest BCUT2D eigenvalue weighted by Crippen LogP contribution is -2.45. The number of pyridine rings is 1. The molecule has 2 fully saturated rings. The SMILES string of the molecule is O=C(NS(=O)c1ccc(NC2COCCO2)c([N+](=O)[O-])c1)c1ccc(C2=CCN(CC3=C(c4ccc(Cl)cc4)CC4(CC3)COC4)CC2)cc1Oc1cnc2[nH]ccc2c1. The Hall–Kier alpha value is -5.42. The Balaban J connectivity index is 0.943. The zero-order chi connectivity index (χ0) is 41.2. The summed E-state index contributed by atoms with van der Waals surface area (Å²) in [5.41, 5.74) is 7.04. The Morgan fingerprint density at radius 3 is 2.65 bits per heavy atom. The third-order valence-corrected chi connectivity index (χ3v) is 12.9. The molecule has 3 aliphatic heterocycles. The van der Waals surface area contributed by atoms with Gasteiger partial charge in [-0.25, -0.2) is 9.19 Å². The van der Waals surface area contributed by atoms with E-state index in [-0.39, 0.29) is 39.6 Å². The second-order valence-corrected chi connectivity index (χ2v) is 17.2. The van der Waals surface area contributed by atoms with E-state index >= 15 is 0 Å². The van der Waals surface area contributed by atoms with Crippen LogP contribution in [0.2, 0.25) is 5.02 Å². The number of ether oxygens (including phenoxy) is 4. The van der Waals surface area contributed by atoms with Crippen molar-refractivity contribution < 1.29 is 32.9 Å². The van der Waals surface area contributed by atoms with E-state index in [9.17, 15) is 19.1 Å². The summed E-state index contributed by atoms with van der Waals surface area (Å²) in [6.45, 7) is 5.13. The van der Waals surface area contributed by atoms with Crippen molar-refractivity contribution in [3.63, 3.8) is 0 Å². The minimum atomic E-state index is -2.15. The first kappa shape index (κ1) is 40.0. The third kappa shape index (κ3) is 8.73. The fourth-order valence-corrected chi connectivity index (χ4v) is 9.18. The zero-order valence-electron chi connectivity index (χ0n) is 32.6. The number of carbonyl (C=O) groups is 1. The number of benzene rings is 3. The lowest BCUT2D eigenvalue weighted by Gasteiger charge is -2.46. The van der Waals surface area contributed by atoms with Gasteiger partial charge in [-0.15, -0.1) is 0 Å². The molecule has 0 saturated carbocycles. The Morgan fingerprint density at radius 2 is 1.90 bits per heavy atom. The molecular formula is C44H43ClN6O8S. The first-order valence-corrected chi connectivity index (χ1v) is 21.4. The maximum absolute atomic E-state index is 13.9. The molecule has 2 unspecified atom stereocenters. The van der Waals surface area contributed by atoms with E-state index in [1.54, 1.807) is 18.5 Å². The van der Waals surface area contributed by atoms with Crippen molar-refractivity contribution in [3.8, 4) is 11.5 Å². The van der Waals surface area contributed by atoms with Gasteiger partial charge in [-0.2, -0.15) is 0 Å². The largest absolute Gasteiger partial charge is 0.455 e. The molecule has 4 aliphatic rings. The number of nitrogens with zero attached hydrogens (tertiary/aromatic N) is 3. The van der Waals surface area contributed by atoms with E-state index in [2.05, 4.69) is 43.1 Å². The van der Waals surface area contributed by atoms with E-state index in [1.165, 1.54) is 34.9 Å². The Morgan fingerprint density at radius 1 is 1.05 bits per heavy atom. The number of nitro benzene ring substituents is 1. The maximum atomic E-state index is 13.9. The zero-order valence-corrected chi connectivity index (χ0v) is 34.2. The average Bonchev–Trinajstić information content (AvgIpc) is 3.72. The minimum Gasteiger partial charge on any atom is -0.455 e. The van der Waals surface area contributed by atoms with Gasteiger partial charge in [0.25, 0.3) is 11.6 Å². The number of anilines is 1. The Labute approximate surface area is 353 Å². The lowest BCUT2D eigenvalue weighted by atomic mass is 9.68. The van der Waals surface area contributed by atoms with Crippen LogP contribution in [-0.2, 0) is 25.2 Å². The van der Waals surface area contributed by atoms with Gasteiger partial charge in [0.15, 0.2) is 17.2 Å². The number of H-pyrrole nitrogens is 1. The molecule has 1 spiro atoms. The highest BCUT2D eigenvalue weighted by Crippen LogP contribution is 2.48. The van der Waals surface area contributed by atoms with Gasteiger partial charge in [0.1, 0.15) is 22.8 Å². The van der Waals surface area contributed by atoms with Crippen molar-refractivity contribution >= 4 is 62.0 Å². The van der Waals surface area contributed by atoms with Gasteiger partial charge in [-0.05, 0) is 96.5 Å². The second-order valence-electron chi connectivity index (χ2n) is 15.6. The molecule has 5 heterocycles. The molecule has 2 saturated heterocycles. The number of amides is 1. The van der Waals surface area contributed by atoms with Crippen molar-refractivity contribution in [2.24, 2.45) is 5.41 Å². The number of nitro groups is 1. The number of allylic oxidation sites excluding steroid dienone is 1. The van der Waals surface area contributed by atoms with Crippen LogP contribution < -0.4 is 14.8 Å². The molecule has 3 N–H and O–H groups in total. The predicted molar refractivity (Wildman–Crippen MR) is 228 cm³/mol. The normalized spacial score (nSPS) is 19.7. The highest BCUT2D eigenvalue weighted by Gasteiger charge is 2.42. The lowest BCUT2D eigenvalue weighted by molar-refractivity contribution is -0.384. The quantitative estimate of drug-likeness (QED) is 0.0824. The van der Waals surface area contributed by atoms with Crippen LogP contribution in [0.1, 0.15) is 47.2 Å². The third-order valence-electron chi connectivity index (χ3n) is 11.6. The van der Waals surface area contributed by atoms with Crippen LogP contribution in [0, 0.1) is 15.5 Å². The number of aromatic nitrogens is 2. The molecule has 14 nitrogen and oxygen atoms in total. The Bertz CT molecular complexity index is 2530. The summed E-state index contributed by atoms with van der Waals surface area (Å²) in [6.07, 6.45) is 8.98. The van der Waals surface area contributed by atoms with Crippen molar-refractivity contribution in [3.05, 3.63) is 129 Å². The van der Waals surface area contributed by atoms with Gasteiger partial charge in [0.05, 0.1) is 54.6 Å². The molecule has 9 rings (SSSR count). The van der Waals surface area contributed by atoms with E-state index in [0.29, 0.717) is 24.6 Å². The molecule has 1 amide bonds. The number of nitrogens with one attached hydrogen (secondary N) is 3. The van der Waals surface area contributed by atoms with Crippen LogP contribution in [-0.4, -0.2) is 88.8 Å². The number of hydrogen-bond donors (Lipinski definition) is 3. The van der Waals surface area contributed by atoms with Crippen LogP contribution in [0.25, 0.3) is 22.2 Å². The van der Waals surface area contributed by atoms with Gasteiger partial charge < -0.3 is 29.2 Å². The molecule has 3 aromatic carbocycles. The molecule has 2 aromatic heterocycles. The predicted octanol–water partition coefficient (Wildman–Crippen LogP) is 7.90. The van der Waals surface area contributed by atoms with Gasteiger partial charge in [-0.3, -0.25) is 24.5 Å². The summed E-state index contributed by atoms with van der Waals surface area (Å²) < 4.78 is 39.0. The number of rotatable bonds is 12. The summed E-state index contributed by atoms with van der Waals surface area (Å²) >= 11 is 6.26. The summed E-state index contributed by atoms with van der Waals surface area (Å²) in [5, 5.41) is 16.5. The van der Waals surface area contributed by atoms with Gasteiger partial charge >= 0.3 is 0 Å². The second kappa shape index (κ2) is 17.3. The molecule has 16 heteroatoms. The average molecular weight is 851 g/mol.